The molecular formula is C18H20FNO2. The Kier molecular flexibility index (Phi) is 5.15. The highest BCUT2D eigenvalue weighted by molar-refractivity contribution is 5.94. The SMILES string of the molecule is COc1ccc(C(=O)NCc2ccc(C(C)C)cc2)cc1F. The largest absolute Gasteiger partial charge is 0.494 e. The molecule has 22 heavy (non-hydrogen) atoms. The molecule has 0 aliphatic rings. The van der Waals surface area contributed by atoms with Crippen LogP contribution in [0.3, 0.4) is 0 Å². The molecule has 3 nitrogen and oxygen atoms in total. The van der Waals surface area contributed by atoms with Crippen molar-refractivity contribution in [3.05, 3.63) is 65.0 Å². The standard InChI is InChI=1S/C18H20FNO2/c1-12(2)14-6-4-13(5-7-14)11-20-18(21)15-8-9-17(22-3)16(19)10-15/h4-10,12H,11H2,1-3H3,(H,20,21). The van der Waals surface area contributed by atoms with Gasteiger partial charge in [-0.3, -0.25) is 4.79 Å². The zero-order valence-corrected chi connectivity index (χ0v) is 13.0. The zero-order chi connectivity index (χ0) is 16.1. The summed E-state index contributed by atoms with van der Waals surface area (Å²) in [6.07, 6.45) is 0. The van der Waals surface area contributed by atoms with Crippen LogP contribution < -0.4 is 10.1 Å². The van der Waals surface area contributed by atoms with E-state index in [2.05, 4.69) is 31.3 Å². The first-order valence-corrected chi connectivity index (χ1v) is 7.22. The maximum Gasteiger partial charge on any atom is 0.251 e. The third kappa shape index (κ3) is 3.85. The van der Waals surface area contributed by atoms with Gasteiger partial charge in [-0.25, -0.2) is 4.39 Å². The predicted molar refractivity (Wildman–Crippen MR) is 84.7 cm³/mol. The van der Waals surface area contributed by atoms with Gasteiger partial charge in [0.05, 0.1) is 7.11 Å². The summed E-state index contributed by atoms with van der Waals surface area (Å²) in [6.45, 7) is 4.68. The van der Waals surface area contributed by atoms with Crippen LogP contribution in [-0.4, -0.2) is 13.0 Å². The summed E-state index contributed by atoms with van der Waals surface area (Å²) in [5.41, 5.74) is 2.54. The van der Waals surface area contributed by atoms with Crippen LogP contribution in [-0.2, 0) is 6.54 Å². The lowest BCUT2D eigenvalue weighted by molar-refractivity contribution is 0.0950. The molecule has 2 aromatic rings. The van der Waals surface area contributed by atoms with E-state index in [-0.39, 0.29) is 17.2 Å². The number of methoxy groups -OCH3 is 1. The molecule has 0 bridgehead atoms. The molecule has 116 valence electrons. The van der Waals surface area contributed by atoms with E-state index in [4.69, 9.17) is 4.74 Å². The first kappa shape index (κ1) is 16.0. The molecule has 0 heterocycles. The van der Waals surface area contributed by atoms with Crippen LogP contribution in [0, 0.1) is 5.82 Å². The predicted octanol–water partition coefficient (Wildman–Crippen LogP) is 3.89. The molecule has 0 spiro atoms. The van der Waals surface area contributed by atoms with Gasteiger partial charge in [-0.05, 0) is 35.2 Å². The molecule has 0 saturated heterocycles. The van der Waals surface area contributed by atoms with E-state index in [1.807, 2.05) is 12.1 Å². The average Bonchev–Trinajstić information content (AvgIpc) is 2.52. The van der Waals surface area contributed by atoms with E-state index in [0.29, 0.717) is 12.5 Å². The summed E-state index contributed by atoms with van der Waals surface area (Å²) in [7, 11) is 1.39. The van der Waals surface area contributed by atoms with Gasteiger partial charge in [-0.2, -0.15) is 0 Å². The summed E-state index contributed by atoms with van der Waals surface area (Å²) in [4.78, 5) is 12.0. The number of carbonyl (C=O) groups is 1. The summed E-state index contributed by atoms with van der Waals surface area (Å²) >= 11 is 0. The second-order valence-electron chi connectivity index (χ2n) is 5.43. The van der Waals surface area contributed by atoms with Crippen LogP contribution in [0.4, 0.5) is 4.39 Å². The number of hydrogen-bond donors (Lipinski definition) is 1. The Morgan fingerprint density at radius 2 is 1.86 bits per heavy atom. The van der Waals surface area contributed by atoms with Gasteiger partial charge in [0, 0.05) is 12.1 Å². The van der Waals surface area contributed by atoms with E-state index in [1.165, 1.54) is 24.8 Å². The number of rotatable bonds is 5. The second-order valence-corrected chi connectivity index (χ2v) is 5.43. The van der Waals surface area contributed by atoms with Crippen molar-refractivity contribution >= 4 is 5.91 Å². The Morgan fingerprint density at radius 1 is 1.18 bits per heavy atom. The van der Waals surface area contributed by atoms with Crippen LogP contribution in [0.1, 0.15) is 41.3 Å². The zero-order valence-electron chi connectivity index (χ0n) is 13.0. The van der Waals surface area contributed by atoms with E-state index < -0.39 is 5.82 Å². The fraction of sp³-hybridized carbons (Fsp3) is 0.278. The van der Waals surface area contributed by atoms with Crippen molar-refractivity contribution < 1.29 is 13.9 Å². The van der Waals surface area contributed by atoms with Crippen molar-refractivity contribution in [1.29, 1.82) is 0 Å². The number of amides is 1. The Bertz CT molecular complexity index is 651. The topological polar surface area (TPSA) is 38.3 Å². The van der Waals surface area contributed by atoms with E-state index in [0.717, 1.165) is 5.56 Å². The number of halogens is 1. The van der Waals surface area contributed by atoms with Gasteiger partial charge in [0.2, 0.25) is 0 Å². The Hall–Kier alpha value is -2.36. The highest BCUT2D eigenvalue weighted by Gasteiger charge is 2.10. The van der Waals surface area contributed by atoms with Gasteiger partial charge in [0.15, 0.2) is 11.6 Å². The van der Waals surface area contributed by atoms with Gasteiger partial charge < -0.3 is 10.1 Å². The minimum atomic E-state index is -0.545. The minimum Gasteiger partial charge on any atom is -0.494 e. The van der Waals surface area contributed by atoms with Crippen molar-refractivity contribution in [3.63, 3.8) is 0 Å². The Balaban J connectivity index is 1.99. The summed E-state index contributed by atoms with van der Waals surface area (Å²) < 4.78 is 18.4. The molecule has 0 fully saturated rings. The quantitative estimate of drug-likeness (QED) is 0.910. The molecule has 2 rings (SSSR count). The van der Waals surface area contributed by atoms with Crippen LogP contribution in [0.5, 0.6) is 5.75 Å². The maximum absolute atomic E-state index is 13.6. The van der Waals surface area contributed by atoms with Crippen molar-refractivity contribution in [3.8, 4) is 5.75 Å². The lowest BCUT2D eigenvalue weighted by Gasteiger charge is -2.09. The van der Waals surface area contributed by atoms with E-state index in [9.17, 15) is 9.18 Å². The fourth-order valence-electron chi connectivity index (χ4n) is 2.11. The first-order chi connectivity index (χ1) is 10.5. The molecule has 0 saturated carbocycles. The van der Waals surface area contributed by atoms with E-state index in [1.54, 1.807) is 6.07 Å². The van der Waals surface area contributed by atoms with Crippen molar-refractivity contribution in [2.45, 2.75) is 26.3 Å². The lowest BCUT2D eigenvalue weighted by atomic mass is 10.0. The van der Waals surface area contributed by atoms with Crippen LogP contribution in [0.2, 0.25) is 0 Å². The van der Waals surface area contributed by atoms with Crippen molar-refractivity contribution in [2.75, 3.05) is 7.11 Å². The van der Waals surface area contributed by atoms with Crippen molar-refractivity contribution in [1.82, 2.24) is 5.32 Å². The lowest BCUT2D eigenvalue weighted by Crippen LogP contribution is -2.22. The third-order valence-electron chi connectivity index (χ3n) is 3.51. The molecule has 0 radical (unpaired) electrons. The number of hydrogen-bond acceptors (Lipinski definition) is 2. The molecule has 1 amide bonds. The molecule has 0 aromatic heterocycles. The highest BCUT2D eigenvalue weighted by Crippen LogP contribution is 2.18. The monoisotopic (exact) mass is 301 g/mol. The Labute approximate surface area is 130 Å². The third-order valence-corrected chi connectivity index (χ3v) is 3.51. The van der Waals surface area contributed by atoms with E-state index >= 15 is 0 Å². The number of nitrogens with one attached hydrogen (secondary N) is 1. The first-order valence-electron chi connectivity index (χ1n) is 7.22. The summed E-state index contributed by atoms with van der Waals surface area (Å²) in [5.74, 6) is -0.252. The van der Waals surface area contributed by atoms with Gasteiger partial charge in [-0.1, -0.05) is 38.1 Å². The Morgan fingerprint density at radius 3 is 2.41 bits per heavy atom. The molecule has 0 aliphatic carbocycles. The minimum absolute atomic E-state index is 0.126. The number of carbonyl (C=O) groups excluding carboxylic acids is 1. The normalized spacial score (nSPS) is 10.6. The highest BCUT2D eigenvalue weighted by atomic mass is 19.1. The summed E-state index contributed by atoms with van der Waals surface area (Å²) in [5, 5.41) is 2.78. The van der Waals surface area contributed by atoms with Crippen LogP contribution in [0.25, 0.3) is 0 Å². The summed E-state index contributed by atoms with van der Waals surface area (Å²) in [6, 6.07) is 12.3. The molecule has 0 unspecified atom stereocenters. The fourth-order valence-corrected chi connectivity index (χ4v) is 2.11. The molecule has 2 aromatic carbocycles. The smallest absolute Gasteiger partial charge is 0.251 e. The number of benzene rings is 2. The number of ether oxygens (including phenoxy) is 1. The molecule has 0 atom stereocenters. The van der Waals surface area contributed by atoms with Gasteiger partial charge in [0.1, 0.15) is 0 Å². The maximum atomic E-state index is 13.6. The molecule has 0 aliphatic heterocycles. The van der Waals surface area contributed by atoms with Crippen LogP contribution >= 0.6 is 0 Å². The molecule has 1 N–H and O–H groups in total. The van der Waals surface area contributed by atoms with Gasteiger partial charge in [-0.15, -0.1) is 0 Å². The van der Waals surface area contributed by atoms with Gasteiger partial charge in [0.25, 0.3) is 5.91 Å². The average molecular weight is 301 g/mol. The van der Waals surface area contributed by atoms with Gasteiger partial charge >= 0.3 is 0 Å². The second kappa shape index (κ2) is 7.07. The van der Waals surface area contributed by atoms with Crippen molar-refractivity contribution in [2.24, 2.45) is 0 Å². The molecule has 4 heteroatoms. The van der Waals surface area contributed by atoms with Crippen LogP contribution in [0.15, 0.2) is 42.5 Å². The molecular weight excluding hydrogens is 281 g/mol.